The van der Waals surface area contributed by atoms with Gasteiger partial charge in [-0.2, -0.15) is 4.98 Å². The van der Waals surface area contributed by atoms with Gasteiger partial charge < -0.3 is 20.3 Å². The Morgan fingerprint density at radius 3 is 2.56 bits per heavy atom. The van der Waals surface area contributed by atoms with Crippen molar-refractivity contribution >= 4 is 34.3 Å². The summed E-state index contributed by atoms with van der Waals surface area (Å²) in [4.78, 5) is 46.5. The molecule has 1 atom stereocenters. The maximum Gasteiger partial charge on any atom is 0.347 e. The first-order valence-electron chi connectivity index (χ1n) is 9.52. The van der Waals surface area contributed by atoms with Crippen molar-refractivity contribution < 1.29 is 24.0 Å². The van der Waals surface area contributed by atoms with Crippen LogP contribution in [-0.4, -0.2) is 69.6 Å². The van der Waals surface area contributed by atoms with E-state index < -0.39 is 17.9 Å². The number of hydrogen-bond acceptors (Lipinski definition) is 9. The zero-order valence-electron chi connectivity index (χ0n) is 17.9. The molecule has 0 saturated carbocycles. The molecule has 0 bridgehead atoms. The number of nitrogens with one attached hydrogen (secondary N) is 2. The summed E-state index contributed by atoms with van der Waals surface area (Å²) in [6.07, 6.45) is 0. The van der Waals surface area contributed by atoms with Crippen LogP contribution in [0.5, 0.6) is 0 Å². The van der Waals surface area contributed by atoms with Gasteiger partial charge in [-0.15, -0.1) is 0 Å². The second-order valence-corrected chi connectivity index (χ2v) is 8.13. The summed E-state index contributed by atoms with van der Waals surface area (Å²) in [6, 6.07) is 6.04. The molecule has 0 radical (unpaired) electrons. The topological polar surface area (TPSA) is 151 Å². The van der Waals surface area contributed by atoms with Gasteiger partial charge in [0.1, 0.15) is 10.9 Å². The van der Waals surface area contributed by atoms with E-state index in [4.69, 9.17) is 9.63 Å². The minimum Gasteiger partial charge on any atom is -0.477 e. The molecule has 2 aromatic heterocycles. The van der Waals surface area contributed by atoms with Gasteiger partial charge in [-0.25, -0.2) is 9.78 Å². The van der Waals surface area contributed by atoms with Crippen molar-refractivity contribution in [3.8, 4) is 11.4 Å². The van der Waals surface area contributed by atoms with Crippen LogP contribution in [0.15, 0.2) is 28.8 Å². The average molecular weight is 459 g/mol. The van der Waals surface area contributed by atoms with Gasteiger partial charge in [-0.05, 0) is 33.2 Å². The molecule has 0 fully saturated rings. The molecule has 0 spiro atoms. The second kappa shape index (κ2) is 9.66. The van der Waals surface area contributed by atoms with Crippen LogP contribution in [0, 0.1) is 13.8 Å². The largest absolute Gasteiger partial charge is 0.477 e. The number of hydrogen-bond donors (Lipinski definition) is 3. The molecule has 12 heteroatoms. The molecule has 0 saturated heterocycles. The van der Waals surface area contributed by atoms with E-state index in [-0.39, 0.29) is 22.5 Å². The number of aromatic carboxylic acids is 1. The smallest absolute Gasteiger partial charge is 0.347 e. The van der Waals surface area contributed by atoms with Crippen LogP contribution in [-0.2, 0) is 4.79 Å². The van der Waals surface area contributed by atoms with Gasteiger partial charge in [0.05, 0.1) is 5.69 Å². The van der Waals surface area contributed by atoms with Crippen LogP contribution in [0.4, 0.5) is 5.13 Å². The van der Waals surface area contributed by atoms with E-state index in [0.717, 1.165) is 11.3 Å². The summed E-state index contributed by atoms with van der Waals surface area (Å²) in [5.41, 5.74) is 1.33. The number of likely N-dealkylation sites (N-methyl/N-ethyl adjacent to an activating group) is 1. The van der Waals surface area contributed by atoms with E-state index >= 15 is 0 Å². The van der Waals surface area contributed by atoms with Gasteiger partial charge in [-0.3, -0.25) is 14.5 Å². The van der Waals surface area contributed by atoms with Gasteiger partial charge in [0.15, 0.2) is 5.13 Å². The van der Waals surface area contributed by atoms with Crippen molar-refractivity contribution in [1.82, 2.24) is 25.3 Å². The molecule has 0 aliphatic heterocycles. The molecule has 168 valence electrons. The lowest BCUT2D eigenvalue weighted by Crippen LogP contribution is -2.47. The number of aromatic nitrogens is 3. The Kier molecular flexibility index (Phi) is 6.95. The second-order valence-electron chi connectivity index (χ2n) is 7.14. The van der Waals surface area contributed by atoms with Crippen molar-refractivity contribution in [2.75, 3.05) is 26.0 Å². The van der Waals surface area contributed by atoms with E-state index in [1.165, 1.54) is 0 Å². The Bertz CT molecular complexity index is 1160. The number of anilines is 1. The molecule has 0 aliphatic carbocycles. The quantitative estimate of drug-likeness (QED) is 0.459. The third kappa shape index (κ3) is 5.34. The first-order valence-corrected chi connectivity index (χ1v) is 10.3. The standard InChI is InChI=1S/C20H22N6O5S/c1-10-15(19(29)30)32-20(22-10)24-18(28)14(26(3)4)9-21-17(27)13-7-5-6-12(8-13)16-23-11(2)31-25-16/h5-8,14H,9H2,1-4H3,(H,21,27)(H,29,30)(H,22,24,28). The van der Waals surface area contributed by atoms with E-state index in [0.29, 0.717) is 28.5 Å². The van der Waals surface area contributed by atoms with Crippen molar-refractivity contribution in [3.63, 3.8) is 0 Å². The monoisotopic (exact) mass is 458 g/mol. The molecule has 3 aromatic rings. The summed E-state index contributed by atoms with van der Waals surface area (Å²) in [7, 11) is 3.40. The lowest BCUT2D eigenvalue weighted by atomic mass is 10.1. The van der Waals surface area contributed by atoms with E-state index in [2.05, 4.69) is 25.8 Å². The van der Waals surface area contributed by atoms with E-state index in [1.54, 1.807) is 57.1 Å². The first kappa shape index (κ1) is 23.0. The number of amides is 2. The highest BCUT2D eigenvalue weighted by atomic mass is 32.1. The van der Waals surface area contributed by atoms with Crippen molar-refractivity contribution in [3.05, 3.63) is 46.3 Å². The molecule has 3 rings (SSSR count). The molecular weight excluding hydrogens is 436 g/mol. The van der Waals surface area contributed by atoms with E-state index in [9.17, 15) is 14.4 Å². The Hall–Kier alpha value is -3.64. The summed E-state index contributed by atoms with van der Waals surface area (Å²) in [5.74, 6) is -1.10. The first-order chi connectivity index (χ1) is 15.2. The van der Waals surface area contributed by atoms with Crippen LogP contribution >= 0.6 is 11.3 Å². The third-order valence-electron chi connectivity index (χ3n) is 4.51. The minimum atomic E-state index is -1.10. The van der Waals surface area contributed by atoms with Crippen LogP contribution in [0.1, 0.15) is 31.6 Å². The Balaban J connectivity index is 1.66. The zero-order valence-corrected chi connectivity index (χ0v) is 18.7. The molecule has 1 unspecified atom stereocenters. The average Bonchev–Trinajstić information content (AvgIpc) is 3.33. The number of carbonyl (C=O) groups excluding carboxylic acids is 2. The maximum atomic E-state index is 12.7. The minimum absolute atomic E-state index is 0.0271. The predicted octanol–water partition coefficient (Wildman–Crippen LogP) is 1.81. The summed E-state index contributed by atoms with van der Waals surface area (Å²) in [5, 5.41) is 18.5. The number of carboxylic acid groups (broad SMARTS) is 1. The highest BCUT2D eigenvalue weighted by molar-refractivity contribution is 7.17. The predicted molar refractivity (Wildman–Crippen MR) is 117 cm³/mol. The van der Waals surface area contributed by atoms with Gasteiger partial charge in [-0.1, -0.05) is 28.6 Å². The highest BCUT2D eigenvalue weighted by Crippen LogP contribution is 2.22. The Morgan fingerprint density at radius 1 is 1.22 bits per heavy atom. The van der Waals surface area contributed by atoms with Gasteiger partial charge >= 0.3 is 5.97 Å². The van der Waals surface area contributed by atoms with Gasteiger partial charge in [0.2, 0.25) is 17.6 Å². The molecule has 32 heavy (non-hydrogen) atoms. The number of thiazole rings is 1. The maximum absolute atomic E-state index is 12.7. The number of rotatable bonds is 8. The molecule has 3 N–H and O–H groups in total. The zero-order chi connectivity index (χ0) is 23.4. The SMILES string of the molecule is Cc1nc(-c2cccc(C(=O)NCC(C(=O)Nc3nc(C)c(C(=O)O)s3)N(C)C)c2)no1. The fourth-order valence-corrected chi connectivity index (χ4v) is 3.66. The summed E-state index contributed by atoms with van der Waals surface area (Å²) in [6.45, 7) is 3.26. The summed E-state index contributed by atoms with van der Waals surface area (Å²) < 4.78 is 4.97. The van der Waals surface area contributed by atoms with Crippen molar-refractivity contribution in [2.45, 2.75) is 19.9 Å². The molecule has 2 heterocycles. The van der Waals surface area contributed by atoms with Crippen LogP contribution in [0.3, 0.4) is 0 Å². The van der Waals surface area contributed by atoms with Crippen molar-refractivity contribution in [2.24, 2.45) is 0 Å². The fraction of sp³-hybridized carbons (Fsp3) is 0.300. The molecular formula is C20H22N6O5S. The number of carboxylic acids is 1. The van der Waals surface area contributed by atoms with Crippen LogP contribution < -0.4 is 10.6 Å². The van der Waals surface area contributed by atoms with Crippen molar-refractivity contribution in [1.29, 1.82) is 0 Å². The number of nitrogens with zero attached hydrogens (tertiary/aromatic N) is 4. The lowest BCUT2D eigenvalue weighted by molar-refractivity contribution is -0.120. The number of aryl methyl sites for hydroxylation is 2. The van der Waals surface area contributed by atoms with Crippen LogP contribution in [0.25, 0.3) is 11.4 Å². The third-order valence-corrected chi connectivity index (χ3v) is 5.57. The Labute approximate surface area is 187 Å². The highest BCUT2D eigenvalue weighted by Gasteiger charge is 2.24. The summed E-state index contributed by atoms with van der Waals surface area (Å²) >= 11 is 0.880. The van der Waals surface area contributed by atoms with Gasteiger partial charge in [0.25, 0.3) is 5.91 Å². The molecule has 0 aliphatic rings. The van der Waals surface area contributed by atoms with Gasteiger partial charge in [0, 0.05) is 24.6 Å². The van der Waals surface area contributed by atoms with Crippen LogP contribution in [0.2, 0.25) is 0 Å². The van der Waals surface area contributed by atoms with E-state index in [1.807, 2.05) is 0 Å². The normalized spacial score (nSPS) is 11.9. The molecule has 2 amide bonds. The number of carbonyl (C=O) groups is 3. The molecule has 11 nitrogen and oxygen atoms in total. The fourth-order valence-electron chi connectivity index (χ4n) is 2.85. The number of benzene rings is 1. The lowest BCUT2D eigenvalue weighted by Gasteiger charge is -2.23. The molecule has 1 aromatic carbocycles. The Morgan fingerprint density at radius 2 is 1.97 bits per heavy atom.